The fourth-order valence-electron chi connectivity index (χ4n) is 5.29. The Balaban J connectivity index is 0.000000437. The summed E-state index contributed by atoms with van der Waals surface area (Å²) in [6.45, 7) is 6.33. The Bertz CT molecular complexity index is 714. The third kappa shape index (κ3) is 27.8. The molecule has 0 saturated heterocycles. The van der Waals surface area contributed by atoms with E-state index in [1.54, 1.807) is 22.7 Å². The fourth-order valence-corrected chi connectivity index (χ4v) is 6.43. The van der Waals surface area contributed by atoms with Crippen LogP contribution < -0.4 is 9.47 Å². The van der Waals surface area contributed by atoms with Gasteiger partial charge in [0.05, 0.1) is 13.2 Å². The maximum absolute atomic E-state index is 5.68. The second kappa shape index (κ2) is 32.9. The van der Waals surface area contributed by atoms with Crippen molar-refractivity contribution in [2.24, 2.45) is 0 Å². The Morgan fingerprint density at radius 3 is 0.881 bits per heavy atom. The first kappa shape index (κ1) is 39.0. The average molecular weight is 621 g/mol. The quantitative estimate of drug-likeness (QED) is 0.0809. The molecule has 0 aliphatic carbocycles. The van der Waals surface area contributed by atoms with Gasteiger partial charge in [-0.3, -0.25) is 0 Å². The van der Waals surface area contributed by atoms with Crippen LogP contribution in [0.25, 0.3) is 0 Å². The summed E-state index contributed by atoms with van der Waals surface area (Å²) < 4.78 is 11.3. The Morgan fingerprint density at radius 2 is 0.643 bits per heavy atom. The molecule has 4 heteroatoms. The lowest BCUT2D eigenvalue weighted by Gasteiger charge is -2.04. The van der Waals surface area contributed by atoms with Gasteiger partial charge >= 0.3 is 0 Å². The van der Waals surface area contributed by atoms with E-state index < -0.39 is 0 Å². The smallest absolute Gasteiger partial charge is 0.129 e. The van der Waals surface area contributed by atoms with E-state index in [0.29, 0.717) is 0 Å². The van der Waals surface area contributed by atoms with Gasteiger partial charge in [-0.25, -0.2) is 0 Å². The summed E-state index contributed by atoms with van der Waals surface area (Å²) >= 11 is 3.40. The standard InChI is InChI=1S/C22H40OS.C16H28OS/c1-2-3-4-5-6-7-8-9-10-11-12-13-14-15-16-17-19-23-22-18-20-24-21-22;1-2-3-4-5-6-7-8-9-10-11-13-17-16-12-14-18-15-16/h18,20-21H,2-17,19H2,1H3;12,14-15H,2-11,13H2,1H3. The zero-order chi connectivity index (χ0) is 30.0. The molecule has 0 amide bonds. The third-order valence-electron chi connectivity index (χ3n) is 8.02. The predicted octanol–water partition coefficient (Wildman–Crippen LogP) is 14.4. The van der Waals surface area contributed by atoms with E-state index in [1.807, 2.05) is 6.07 Å². The molecule has 2 heterocycles. The van der Waals surface area contributed by atoms with Gasteiger partial charge < -0.3 is 9.47 Å². The lowest BCUT2D eigenvalue weighted by molar-refractivity contribution is 0.305. The first-order chi connectivity index (χ1) is 20.9. The van der Waals surface area contributed by atoms with Crippen molar-refractivity contribution in [2.75, 3.05) is 13.2 Å². The van der Waals surface area contributed by atoms with Crippen molar-refractivity contribution in [3.63, 3.8) is 0 Å². The molecule has 244 valence electrons. The van der Waals surface area contributed by atoms with Crippen molar-refractivity contribution in [1.29, 1.82) is 0 Å². The number of hydrogen-bond donors (Lipinski definition) is 0. The summed E-state index contributed by atoms with van der Waals surface area (Å²) in [5.41, 5.74) is 0. The van der Waals surface area contributed by atoms with Gasteiger partial charge in [0.15, 0.2) is 0 Å². The lowest BCUT2D eigenvalue weighted by atomic mass is 10.0. The Labute approximate surface area is 270 Å². The zero-order valence-corrected chi connectivity index (χ0v) is 29.5. The number of hydrogen-bond acceptors (Lipinski definition) is 4. The molecule has 0 fully saturated rings. The summed E-state index contributed by atoms with van der Waals surface area (Å²) in [6.07, 6.45) is 36.5. The molecule has 0 aromatic carbocycles. The van der Waals surface area contributed by atoms with Crippen LogP contribution in [0.2, 0.25) is 0 Å². The molecule has 0 unspecified atom stereocenters. The molecule has 0 N–H and O–H groups in total. The molecular formula is C38H68O2S2. The van der Waals surface area contributed by atoms with Crippen LogP contribution in [0.1, 0.15) is 181 Å². The molecule has 0 spiro atoms. The summed E-state index contributed by atoms with van der Waals surface area (Å²) in [5, 5.41) is 8.28. The normalized spacial score (nSPS) is 10.9. The van der Waals surface area contributed by atoms with E-state index in [-0.39, 0.29) is 0 Å². The topological polar surface area (TPSA) is 18.5 Å². The molecule has 2 aromatic heterocycles. The van der Waals surface area contributed by atoms with Gasteiger partial charge in [0.1, 0.15) is 11.5 Å². The molecule has 0 atom stereocenters. The molecule has 0 aliphatic rings. The number of unbranched alkanes of at least 4 members (excludes halogenated alkanes) is 24. The minimum atomic E-state index is 0.882. The molecule has 0 saturated carbocycles. The van der Waals surface area contributed by atoms with E-state index in [1.165, 1.54) is 167 Å². The van der Waals surface area contributed by atoms with Crippen molar-refractivity contribution in [2.45, 2.75) is 181 Å². The van der Waals surface area contributed by atoms with E-state index in [2.05, 4.69) is 41.4 Å². The monoisotopic (exact) mass is 620 g/mol. The summed E-state index contributed by atoms with van der Waals surface area (Å²) in [7, 11) is 0. The molecule has 2 rings (SSSR count). The lowest BCUT2D eigenvalue weighted by Crippen LogP contribution is -1.95. The van der Waals surface area contributed by atoms with Gasteiger partial charge in [-0.2, -0.15) is 0 Å². The molecule has 42 heavy (non-hydrogen) atoms. The van der Waals surface area contributed by atoms with E-state index in [0.717, 1.165) is 24.7 Å². The van der Waals surface area contributed by atoms with Crippen molar-refractivity contribution in [3.8, 4) is 11.5 Å². The van der Waals surface area contributed by atoms with Gasteiger partial charge in [0, 0.05) is 10.8 Å². The summed E-state index contributed by atoms with van der Waals surface area (Å²) in [4.78, 5) is 0. The van der Waals surface area contributed by atoms with Gasteiger partial charge in [0.2, 0.25) is 0 Å². The highest BCUT2D eigenvalue weighted by atomic mass is 32.1. The third-order valence-corrected chi connectivity index (χ3v) is 9.35. The van der Waals surface area contributed by atoms with Gasteiger partial charge in [-0.05, 0) is 35.7 Å². The molecule has 0 aliphatic heterocycles. The van der Waals surface area contributed by atoms with Crippen LogP contribution in [0.5, 0.6) is 11.5 Å². The van der Waals surface area contributed by atoms with Crippen LogP contribution >= 0.6 is 22.7 Å². The highest BCUT2D eigenvalue weighted by molar-refractivity contribution is 7.08. The number of ether oxygens (including phenoxy) is 2. The van der Waals surface area contributed by atoms with Crippen LogP contribution in [-0.4, -0.2) is 13.2 Å². The molecule has 2 nitrogen and oxygen atoms in total. The number of rotatable bonds is 30. The van der Waals surface area contributed by atoms with E-state index in [4.69, 9.17) is 9.47 Å². The zero-order valence-electron chi connectivity index (χ0n) is 27.9. The summed E-state index contributed by atoms with van der Waals surface area (Å²) in [6, 6.07) is 4.10. The van der Waals surface area contributed by atoms with Crippen LogP contribution in [-0.2, 0) is 0 Å². The second-order valence-corrected chi connectivity index (χ2v) is 13.7. The predicted molar refractivity (Wildman–Crippen MR) is 191 cm³/mol. The van der Waals surface area contributed by atoms with Crippen LogP contribution in [0.15, 0.2) is 33.7 Å². The maximum Gasteiger partial charge on any atom is 0.129 e. The maximum atomic E-state index is 5.68. The van der Waals surface area contributed by atoms with Crippen molar-refractivity contribution >= 4 is 22.7 Å². The number of thiophene rings is 2. The Morgan fingerprint density at radius 1 is 0.381 bits per heavy atom. The average Bonchev–Trinajstić information content (AvgIpc) is 3.73. The van der Waals surface area contributed by atoms with Crippen molar-refractivity contribution in [1.82, 2.24) is 0 Å². The van der Waals surface area contributed by atoms with Gasteiger partial charge in [-0.1, -0.05) is 168 Å². The molecule has 0 bridgehead atoms. The van der Waals surface area contributed by atoms with E-state index in [9.17, 15) is 0 Å². The second-order valence-electron chi connectivity index (χ2n) is 12.1. The SMILES string of the molecule is CCCCCCCCCCCCCCCCCCOc1ccsc1.CCCCCCCCCCCCOc1ccsc1. The van der Waals surface area contributed by atoms with Crippen LogP contribution in [0.3, 0.4) is 0 Å². The minimum absolute atomic E-state index is 0.882. The molecular weight excluding hydrogens is 553 g/mol. The van der Waals surface area contributed by atoms with Gasteiger partial charge in [-0.15, -0.1) is 22.7 Å². The highest BCUT2D eigenvalue weighted by Gasteiger charge is 1.97. The minimum Gasteiger partial charge on any atom is -0.493 e. The largest absolute Gasteiger partial charge is 0.493 e. The van der Waals surface area contributed by atoms with Crippen molar-refractivity contribution < 1.29 is 9.47 Å². The fraction of sp³-hybridized carbons (Fsp3) is 0.789. The molecule has 2 aromatic rings. The first-order valence-corrected chi connectivity index (χ1v) is 20.0. The summed E-state index contributed by atoms with van der Waals surface area (Å²) in [5.74, 6) is 2.08. The van der Waals surface area contributed by atoms with Crippen LogP contribution in [0.4, 0.5) is 0 Å². The first-order valence-electron chi connectivity index (χ1n) is 18.2. The van der Waals surface area contributed by atoms with Crippen molar-refractivity contribution in [3.05, 3.63) is 33.7 Å². The van der Waals surface area contributed by atoms with E-state index >= 15 is 0 Å². The molecule has 0 radical (unpaired) electrons. The van der Waals surface area contributed by atoms with Gasteiger partial charge in [0.25, 0.3) is 0 Å². The van der Waals surface area contributed by atoms with Crippen LogP contribution in [0, 0.1) is 0 Å². The highest BCUT2D eigenvalue weighted by Crippen LogP contribution is 2.17. The Kier molecular flexibility index (Phi) is 30.6. The Hall–Kier alpha value is -1.00.